The maximum absolute atomic E-state index is 14.6. The van der Waals surface area contributed by atoms with Crippen molar-refractivity contribution in [1.82, 2.24) is 9.13 Å². The molecular formula is C68H66N4O10. The molecule has 8 aromatic carbocycles. The highest BCUT2D eigenvalue weighted by atomic mass is 16.6. The SMILES string of the molecule is CCOc1cccc(OCCOCCOCCOc2cccc(OCC)c2C(=O)c2ccc3c(c2)c2cc(/C(=N/O)c4ccccc4C)ccc2n3CC)c1C(=O)c1ccc2c(c1)c1cc(/C(=N/O)c3ccccc3C)ccc1n2CC. The molecule has 0 atom stereocenters. The van der Waals surface area contributed by atoms with E-state index in [4.69, 9.17) is 28.4 Å². The number of carbonyl (C=O) groups is 2. The van der Waals surface area contributed by atoms with Gasteiger partial charge in [0.25, 0.3) is 0 Å². The Morgan fingerprint density at radius 2 is 0.732 bits per heavy atom. The van der Waals surface area contributed by atoms with Crippen LogP contribution in [0.5, 0.6) is 23.0 Å². The van der Waals surface area contributed by atoms with Gasteiger partial charge in [0.2, 0.25) is 11.6 Å². The Hall–Kier alpha value is -9.24. The van der Waals surface area contributed by atoms with Crippen LogP contribution < -0.4 is 18.9 Å². The Morgan fingerprint density at radius 1 is 0.402 bits per heavy atom. The van der Waals surface area contributed by atoms with E-state index in [0.29, 0.717) is 83.0 Å². The summed E-state index contributed by atoms with van der Waals surface area (Å²) in [6.07, 6.45) is 0. The van der Waals surface area contributed by atoms with Crippen molar-refractivity contribution in [3.63, 3.8) is 0 Å². The smallest absolute Gasteiger partial charge is 0.200 e. The average Bonchev–Trinajstić information content (AvgIpc) is 4.23. The van der Waals surface area contributed by atoms with Gasteiger partial charge in [-0.3, -0.25) is 9.59 Å². The molecule has 14 nitrogen and oxygen atoms in total. The standard InChI is InChI=1S/C68H66N4O10/c1-7-71-55-29-25-45(65(69-75)49-19-13-11-17-43(49)5)39-51(55)53-41-47(27-31-57(53)71)67(73)63-59(79-9-3)21-15-23-61(63)81-37-35-77-33-34-78-36-38-82-62-24-16-22-60(80-10-4)64(62)68(74)48-28-32-58-54(42-48)52-40-46(26-30-56(52)72(58)8-2)66(70-76)50-20-14-12-18-44(50)6/h11-32,39-42,75-76H,7-10,33-38H2,1-6H3/b69-65-,70-66-. The maximum atomic E-state index is 14.6. The normalized spacial score (nSPS) is 12.0. The number of benzene rings is 8. The van der Waals surface area contributed by atoms with Crippen molar-refractivity contribution in [3.05, 3.63) is 213 Å². The number of ketones is 2. The van der Waals surface area contributed by atoms with Crippen LogP contribution in [0.2, 0.25) is 0 Å². The average molecular weight is 1100 g/mol. The van der Waals surface area contributed by atoms with Gasteiger partial charge in [-0.1, -0.05) is 83.1 Å². The molecule has 0 aliphatic carbocycles. The van der Waals surface area contributed by atoms with Gasteiger partial charge in [0.15, 0.2) is 0 Å². The van der Waals surface area contributed by atoms with E-state index >= 15 is 0 Å². The molecule has 0 fully saturated rings. The molecule has 0 bridgehead atoms. The van der Waals surface area contributed by atoms with Gasteiger partial charge in [-0.05, 0) is 138 Å². The van der Waals surface area contributed by atoms with Gasteiger partial charge >= 0.3 is 0 Å². The fraction of sp³-hybridized carbons (Fsp3) is 0.235. The zero-order valence-corrected chi connectivity index (χ0v) is 47.0. The summed E-state index contributed by atoms with van der Waals surface area (Å²) in [6.45, 7) is 15.4. The maximum Gasteiger partial charge on any atom is 0.200 e. The molecule has 0 aliphatic rings. The fourth-order valence-electron chi connectivity index (χ4n) is 11.0. The monoisotopic (exact) mass is 1100 g/mol. The van der Waals surface area contributed by atoms with Crippen molar-refractivity contribution >= 4 is 66.6 Å². The van der Waals surface area contributed by atoms with Crippen molar-refractivity contribution in [2.45, 2.75) is 54.6 Å². The molecule has 82 heavy (non-hydrogen) atoms. The molecule has 0 saturated heterocycles. The van der Waals surface area contributed by atoms with Crippen LogP contribution in [0.15, 0.2) is 168 Å². The summed E-state index contributed by atoms with van der Waals surface area (Å²) in [5, 5.41) is 31.6. The van der Waals surface area contributed by atoms with Crippen molar-refractivity contribution in [2.24, 2.45) is 10.3 Å². The highest BCUT2D eigenvalue weighted by Gasteiger charge is 2.25. The number of hydrogen-bond acceptors (Lipinski definition) is 12. The third-order valence-corrected chi connectivity index (χ3v) is 14.8. The molecule has 2 heterocycles. The second-order valence-electron chi connectivity index (χ2n) is 19.6. The molecule has 2 aromatic heterocycles. The van der Waals surface area contributed by atoms with Gasteiger partial charge < -0.3 is 48.0 Å². The van der Waals surface area contributed by atoms with E-state index in [-0.39, 0.29) is 51.2 Å². The van der Waals surface area contributed by atoms with E-state index in [9.17, 15) is 20.0 Å². The van der Waals surface area contributed by atoms with Gasteiger partial charge in [0.05, 0.1) is 39.6 Å². The minimum atomic E-state index is -0.249. The number of oxime groups is 2. The molecule has 0 unspecified atom stereocenters. The summed E-state index contributed by atoms with van der Waals surface area (Å²) in [7, 11) is 0. The summed E-state index contributed by atoms with van der Waals surface area (Å²) in [6, 6.07) is 49.8. The van der Waals surface area contributed by atoms with Gasteiger partial charge in [-0.15, -0.1) is 0 Å². The first kappa shape index (κ1) is 56.1. The lowest BCUT2D eigenvalue weighted by molar-refractivity contribution is 0.0271. The van der Waals surface area contributed by atoms with Crippen LogP contribution in [0, 0.1) is 13.8 Å². The number of nitrogens with zero attached hydrogens (tertiary/aromatic N) is 4. The Bertz CT molecular complexity index is 3800. The van der Waals surface area contributed by atoms with Crippen LogP contribution in [0.25, 0.3) is 43.6 Å². The Kier molecular flexibility index (Phi) is 17.4. The molecule has 10 rings (SSSR count). The third-order valence-electron chi connectivity index (χ3n) is 14.8. The van der Waals surface area contributed by atoms with E-state index < -0.39 is 0 Å². The van der Waals surface area contributed by atoms with Crippen molar-refractivity contribution in [2.75, 3.05) is 52.9 Å². The molecule has 2 N–H and O–H groups in total. The van der Waals surface area contributed by atoms with Crippen LogP contribution in [-0.2, 0) is 22.6 Å². The van der Waals surface area contributed by atoms with Gasteiger partial charge in [-0.2, -0.15) is 0 Å². The highest BCUT2D eigenvalue weighted by Crippen LogP contribution is 2.38. The molecule has 0 radical (unpaired) electrons. The largest absolute Gasteiger partial charge is 0.493 e. The topological polar surface area (TPSA) is 165 Å². The first-order valence-electron chi connectivity index (χ1n) is 27.8. The predicted octanol–water partition coefficient (Wildman–Crippen LogP) is 13.8. The zero-order chi connectivity index (χ0) is 57.3. The van der Waals surface area contributed by atoms with Gasteiger partial charge in [0.1, 0.15) is 58.8 Å². The molecule has 10 aromatic rings. The van der Waals surface area contributed by atoms with E-state index in [1.807, 2.05) is 149 Å². The predicted molar refractivity (Wildman–Crippen MR) is 322 cm³/mol. The minimum Gasteiger partial charge on any atom is -0.493 e. The van der Waals surface area contributed by atoms with Crippen molar-refractivity contribution < 1.29 is 48.4 Å². The molecular weight excluding hydrogens is 1030 g/mol. The summed E-state index contributed by atoms with van der Waals surface area (Å²) in [4.78, 5) is 29.3. The lowest BCUT2D eigenvalue weighted by atomic mass is 9.96. The molecule has 0 aliphatic heterocycles. The van der Waals surface area contributed by atoms with E-state index in [1.54, 1.807) is 36.4 Å². The number of rotatable bonds is 25. The zero-order valence-electron chi connectivity index (χ0n) is 47.0. The first-order chi connectivity index (χ1) is 40.1. The lowest BCUT2D eigenvalue weighted by Gasteiger charge is -2.16. The van der Waals surface area contributed by atoms with E-state index in [1.165, 1.54) is 0 Å². The molecule has 14 heteroatoms. The number of fused-ring (bicyclic) bond motifs is 6. The van der Waals surface area contributed by atoms with Crippen molar-refractivity contribution in [1.29, 1.82) is 0 Å². The summed E-state index contributed by atoms with van der Waals surface area (Å²) >= 11 is 0. The van der Waals surface area contributed by atoms with Crippen LogP contribution in [0.3, 0.4) is 0 Å². The lowest BCUT2D eigenvalue weighted by Crippen LogP contribution is -2.15. The number of aromatic nitrogens is 2. The fourth-order valence-corrected chi connectivity index (χ4v) is 11.0. The minimum absolute atomic E-state index is 0.162. The van der Waals surface area contributed by atoms with Crippen molar-refractivity contribution in [3.8, 4) is 23.0 Å². The second-order valence-corrected chi connectivity index (χ2v) is 19.6. The Labute approximate surface area is 476 Å². The van der Waals surface area contributed by atoms with Crippen LogP contribution in [-0.4, -0.2) is 95.4 Å². The van der Waals surface area contributed by atoms with Gasteiger partial charge in [-0.25, -0.2) is 0 Å². The molecule has 0 spiro atoms. The number of carbonyl (C=O) groups excluding carboxylic acids is 2. The van der Waals surface area contributed by atoms with E-state index in [2.05, 4.69) is 33.3 Å². The first-order valence-corrected chi connectivity index (χ1v) is 27.8. The molecule has 0 saturated carbocycles. The summed E-state index contributed by atoms with van der Waals surface area (Å²) < 4.78 is 40.7. The Morgan fingerprint density at radius 3 is 1.07 bits per heavy atom. The number of ether oxygens (including phenoxy) is 6. The molecule has 418 valence electrons. The second kappa shape index (κ2) is 25.5. The van der Waals surface area contributed by atoms with Crippen LogP contribution in [0.1, 0.15) is 92.9 Å². The van der Waals surface area contributed by atoms with Crippen LogP contribution in [0.4, 0.5) is 0 Å². The number of hydrogen-bond donors (Lipinski definition) is 2. The molecule has 0 amide bonds. The highest BCUT2D eigenvalue weighted by molar-refractivity contribution is 6.21. The van der Waals surface area contributed by atoms with Gasteiger partial charge in [0, 0.05) is 90.1 Å². The Balaban J connectivity index is 0.773. The summed E-state index contributed by atoms with van der Waals surface area (Å²) in [5.41, 5.74) is 11.6. The third kappa shape index (κ3) is 11.1. The summed E-state index contributed by atoms with van der Waals surface area (Å²) in [5.74, 6) is 1.08. The van der Waals surface area contributed by atoms with E-state index in [0.717, 1.165) is 77.0 Å². The van der Waals surface area contributed by atoms with Crippen LogP contribution >= 0.6 is 0 Å². The number of aryl methyl sites for hydroxylation is 4. The quantitative estimate of drug-likeness (QED) is 0.0185.